The maximum Gasteiger partial charge on any atom is 0.136 e. The highest BCUT2D eigenvalue weighted by Gasteiger charge is 1.88. The highest BCUT2D eigenvalue weighted by molar-refractivity contribution is 5.22. The third-order valence-electron chi connectivity index (χ3n) is 0.979. The summed E-state index contributed by atoms with van der Waals surface area (Å²) in [7, 11) is 0. The van der Waals surface area contributed by atoms with Gasteiger partial charge in [0.25, 0.3) is 0 Å². The Morgan fingerprint density at radius 1 is 1.56 bits per heavy atom. The molecule has 0 fully saturated rings. The molecule has 0 aliphatic heterocycles. The topological polar surface area (TPSA) is 33.1 Å². The molecule has 0 saturated heterocycles. The number of hydrogen-bond donors (Lipinski definition) is 1. The van der Waals surface area contributed by atoms with Crippen molar-refractivity contribution in [3.63, 3.8) is 0 Å². The van der Waals surface area contributed by atoms with E-state index in [0.717, 1.165) is 0 Å². The molecule has 0 bridgehead atoms. The molecule has 9 heavy (non-hydrogen) atoms. The first-order valence-electron chi connectivity index (χ1n) is 2.41. The molecule has 1 aromatic rings. The largest absolute Gasteiger partial charge is 0.506 e. The summed E-state index contributed by atoms with van der Waals surface area (Å²) in [5, 5.41) is 8.86. The van der Waals surface area contributed by atoms with Crippen molar-refractivity contribution >= 4 is 0 Å². The summed E-state index contributed by atoms with van der Waals surface area (Å²) in [5.74, 6) is 0.257. The van der Waals surface area contributed by atoms with Crippen LogP contribution in [0, 0.1) is 6.92 Å². The monoisotopic (exact) mass is 125 g/mol. The van der Waals surface area contributed by atoms with Gasteiger partial charge in [-0.25, -0.2) is 0 Å². The lowest BCUT2D eigenvalue weighted by molar-refractivity contribution is 0.467. The van der Waals surface area contributed by atoms with Gasteiger partial charge in [0.2, 0.25) is 0 Å². The molecule has 2 heteroatoms. The summed E-state index contributed by atoms with van der Waals surface area (Å²) in [6.45, 7) is 1.76. The molecule has 2 nitrogen and oxygen atoms in total. The van der Waals surface area contributed by atoms with Gasteiger partial charge in [-0.1, -0.05) is 7.43 Å². The lowest BCUT2D eigenvalue weighted by Gasteiger charge is -1.91. The van der Waals surface area contributed by atoms with Crippen LogP contribution in [0.15, 0.2) is 18.3 Å². The molecule has 0 aliphatic carbocycles. The van der Waals surface area contributed by atoms with E-state index in [1.807, 2.05) is 0 Å². The summed E-state index contributed by atoms with van der Waals surface area (Å²) in [6, 6.07) is 3.31. The van der Waals surface area contributed by atoms with Crippen LogP contribution < -0.4 is 0 Å². The average Bonchev–Trinajstić information content (AvgIpc) is 1.77. The molecule has 1 aromatic heterocycles. The smallest absolute Gasteiger partial charge is 0.136 e. The minimum absolute atomic E-state index is 0. The van der Waals surface area contributed by atoms with Gasteiger partial charge in [0, 0.05) is 6.20 Å². The SMILES string of the molecule is C.Cc1ncccc1O. The summed E-state index contributed by atoms with van der Waals surface area (Å²) in [4.78, 5) is 3.83. The highest BCUT2D eigenvalue weighted by atomic mass is 16.3. The fraction of sp³-hybridized carbons (Fsp3) is 0.286. The van der Waals surface area contributed by atoms with Gasteiger partial charge in [0.15, 0.2) is 0 Å². The summed E-state index contributed by atoms with van der Waals surface area (Å²) in [6.07, 6.45) is 1.65. The Morgan fingerprint density at radius 2 is 2.22 bits per heavy atom. The van der Waals surface area contributed by atoms with Crippen molar-refractivity contribution in [3.8, 4) is 5.75 Å². The van der Waals surface area contributed by atoms with Crippen molar-refractivity contribution < 1.29 is 5.11 Å². The molecule has 0 saturated carbocycles. The van der Waals surface area contributed by atoms with E-state index in [0.29, 0.717) is 5.69 Å². The third-order valence-corrected chi connectivity index (χ3v) is 0.979. The molecule has 0 atom stereocenters. The molecule has 0 amide bonds. The van der Waals surface area contributed by atoms with Crippen molar-refractivity contribution in [1.29, 1.82) is 0 Å². The molecule has 0 unspecified atom stereocenters. The predicted molar refractivity (Wildman–Crippen MR) is 37.4 cm³/mol. The van der Waals surface area contributed by atoms with Gasteiger partial charge in [0.1, 0.15) is 5.75 Å². The second kappa shape index (κ2) is 3.07. The van der Waals surface area contributed by atoms with E-state index in [1.54, 1.807) is 25.3 Å². The van der Waals surface area contributed by atoms with Gasteiger partial charge >= 0.3 is 0 Å². The van der Waals surface area contributed by atoms with Crippen molar-refractivity contribution in [2.75, 3.05) is 0 Å². The zero-order valence-electron chi connectivity index (χ0n) is 4.63. The minimum atomic E-state index is 0. The van der Waals surface area contributed by atoms with E-state index in [1.165, 1.54) is 0 Å². The van der Waals surface area contributed by atoms with Crippen molar-refractivity contribution in [2.45, 2.75) is 14.4 Å². The van der Waals surface area contributed by atoms with Crippen LogP contribution >= 0.6 is 0 Å². The number of hydrogen-bond acceptors (Lipinski definition) is 2. The third kappa shape index (κ3) is 1.72. The Labute approximate surface area is 55.2 Å². The van der Waals surface area contributed by atoms with Gasteiger partial charge in [0.05, 0.1) is 5.69 Å². The van der Waals surface area contributed by atoms with Crippen LogP contribution in [0.3, 0.4) is 0 Å². The number of aromatic nitrogens is 1. The van der Waals surface area contributed by atoms with Crippen LogP contribution in [-0.4, -0.2) is 10.1 Å². The van der Waals surface area contributed by atoms with Crippen LogP contribution in [0.4, 0.5) is 0 Å². The number of aryl methyl sites for hydroxylation is 1. The minimum Gasteiger partial charge on any atom is -0.506 e. The van der Waals surface area contributed by atoms with Gasteiger partial charge in [-0.2, -0.15) is 0 Å². The number of pyridine rings is 1. The Kier molecular flexibility index (Phi) is 2.71. The van der Waals surface area contributed by atoms with Crippen molar-refractivity contribution in [3.05, 3.63) is 24.0 Å². The Morgan fingerprint density at radius 3 is 2.56 bits per heavy atom. The van der Waals surface area contributed by atoms with E-state index >= 15 is 0 Å². The predicted octanol–water partition coefficient (Wildman–Crippen LogP) is 1.73. The number of nitrogens with zero attached hydrogens (tertiary/aromatic N) is 1. The number of aromatic hydroxyl groups is 1. The second-order valence-electron chi connectivity index (χ2n) is 1.61. The van der Waals surface area contributed by atoms with Crippen LogP contribution in [0.1, 0.15) is 13.1 Å². The molecule has 50 valence electrons. The van der Waals surface area contributed by atoms with Crippen LogP contribution in [0.25, 0.3) is 0 Å². The number of rotatable bonds is 0. The average molecular weight is 125 g/mol. The molecule has 0 aromatic carbocycles. The molecule has 0 aliphatic rings. The maximum atomic E-state index is 8.86. The molecule has 0 radical (unpaired) electrons. The maximum absolute atomic E-state index is 8.86. The van der Waals surface area contributed by atoms with Gasteiger partial charge in [-0.15, -0.1) is 0 Å². The normalized spacial score (nSPS) is 8.11. The zero-order chi connectivity index (χ0) is 5.98. The first-order valence-corrected chi connectivity index (χ1v) is 2.41. The molecule has 1 N–H and O–H groups in total. The molecule has 1 heterocycles. The highest BCUT2D eigenvalue weighted by Crippen LogP contribution is 2.08. The van der Waals surface area contributed by atoms with Crippen LogP contribution in [-0.2, 0) is 0 Å². The Bertz CT molecular complexity index is 165. The van der Waals surface area contributed by atoms with E-state index in [4.69, 9.17) is 5.11 Å². The van der Waals surface area contributed by atoms with E-state index < -0.39 is 0 Å². The Balaban J connectivity index is 0.000000640. The quantitative estimate of drug-likeness (QED) is 0.572. The molecular formula is C7H11NO. The van der Waals surface area contributed by atoms with E-state index in [9.17, 15) is 0 Å². The fourth-order valence-electron chi connectivity index (χ4n) is 0.476. The first-order chi connectivity index (χ1) is 3.80. The molecule has 0 spiro atoms. The van der Waals surface area contributed by atoms with Gasteiger partial charge in [-0.05, 0) is 19.1 Å². The fourth-order valence-corrected chi connectivity index (χ4v) is 0.476. The summed E-state index contributed by atoms with van der Waals surface area (Å²) in [5.41, 5.74) is 0.674. The Hall–Kier alpha value is -1.05. The van der Waals surface area contributed by atoms with Crippen LogP contribution in [0.2, 0.25) is 0 Å². The lowest BCUT2D eigenvalue weighted by Crippen LogP contribution is -1.76. The van der Waals surface area contributed by atoms with E-state index in [2.05, 4.69) is 4.98 Å². The van der Waals surface area contributed by atoms with Crippen molar-refractivity contribution in [1.82, 2.24) is 4.98 Å². The zero-order valence-corrected chi connectivity index (χ0v) is 4.63. The van der Waals surface area contributed by atoms with Gasteiger partial charge in [-0.3, -0.25) is 4.98 Å². The second-order valence-corrected chi connectivity index (χ2v) is 1.61. The molecular weight excluding hydrogens is 114 g/mol. The molecule has 1 rings (SSSR count). The summed E-state index contributed by atoms with van der Waals surface area (Å²) < 4.78 is 0. The first kappa shape index (κ1) is 7.95. The summed E-state index contributed by atoms with van der Waals surface area (Å²) >= 11 is 0. The lowest BCUT2D eigenvalue weighted by atomic mass is 10.3. The van der Waals surface area contributed by atoms with E-state index in [-0.39, 0.29) is 13.2 Å². The van der Waals surface area contributed by atoms with Crippen LogP contribution in [0.5, 0.6) is 5.75 Å². The van der Waals surface area contributed by atoms with Crippen molar-refractivity contribution in [2.24, 2.45) is 0 Å². The standard InChI is InChI=1S/C6H7NO.CH4/c1-5-6(8)3-2-4-7-5;/h2-4,8H,1H3;1H4. The van der Waals surface area contributed by atoms with Gasteiger partial charge < -0.3 is 5.11 Å².